The quantitative estimate of drug-likeness (QED) is 0.894. The first kappa shape index (κ1) is 14.0. The van der Waals surface area contributed by atoms with Gasteiger partial charge in [0.05, 0.1) is 12.5 Å². The Morgan fingerprint density at radius 3 is 2.76 bits per heavy atom. The number of hydrogen-bond donors (Lipinski definition) is 2. The lowest BCUT2D eigenvalue weighted by Crippen LogP contribution is -2.14. The summed E-state index contributed by atoms with van der Waals surface area (Å²) in [4.78, 5) is 11.4. The Balaban J connectivity index is 2.04. The number of aryl methyl sites for hydroxylation is 1. The van der Waals surface area contributed by atoms with Crippen LogP contribution in [0.15, 0.2) is 30.3 Å². The van der Waals surface area contributed by atoms with Crippen molar-refractivity contribution in [1.29, 1.82) is 0 Å². The third kappa shape index (κ3) is 2.52. The Morgan fingerprint density at radius 2 is 2.05 bits per heavy atom. The van der Waals surface area contributed by atoms with Crippen molar-refractivity contribution in [2.24, 2.45) is 5.73 Å². The van der Waals surface area contributed by atoms with Crippen LogP contribution in [0, 0.1) is 12.7 Å². The van der Waals surface area contributed by atoms with E-state index in [1.165, 1.54) is 12.1 Å². The predicted molar refractivity (Wildman–Crippen MR) is 81.0 cm³/mol. The topological polar surface area (TPSA) is 55.1 Å². The molecule has 0 spiro atoms. The Bertz CT molecular complexity index is 745. The van der Waals surface area contributed by atoms with E-state index < -0.39 is 6.04 Å². The zero-order valence-corrected chi connectivity index (χ0v) is 12.2. The lowest BCUT2D eigenvalue weighted by atomic mass is 9.94. The van der Waals surface area contributed by atoms with Crippen molar-refractivity contribution in [2.75, 3.05) is 5.32 Å². The molecule has 3 N–H and O–H groups in total. The highest BCUT2D eigenvalue weighted by Gasteiger charge is 2.22. The van der Waals surface area contributed by atoms with Crippen molar-refractivity contribution in [3.63, 3.8) is 0 Å². The average molecular weight is 305 g/mol. The molecule has 21 heavy (non-hydrogen) atoms. The molecule has 0 saturated heterocycles. The van der Waals surface area contributed by atoms with Gasteiger partial charge in [0.25, 0.3) is 0 Å². The second-order valence-electron chi connectivity index (χ2n) is 5.23. The first-order chi connectivity index (χ1) is 9.95. The van der Waals surface area contributed by atoms with Crippen LogP contribution in [0.25, 0.3) is 0 Å². The van der Waals surface area contributed by atoms with E-state index in [0.717, 1.165) is 27.9 Å². The van der Waals surface area contributed by atoms with Crippen molar-refractivity contribution in [3.05, 3.63) is 63.4 Å². The molecule has 0 bridgehead atoms. The van der Waals surface area contributed by atoms with Gasteiger partial charge in [-0.2, -0.15) is 0 Å². The van der Waals surface area contributed by atoms with Crippen molar-refractivity contribution in [2.45, 2.75) is 19.4 Å². The van der Waals surface area contributed by atoms with Crippen LogP contribution in [-0.4, -0.2) is 5.91 Å². The summed E-state index contributed by atoms with van der Waals surface area (Å²) >= 11 is 6.28. The minimum atomic E-state index is -0.459. The van der Waals surface area contributed by atoms with Crippen molar-refractivity contribution < 1.29 is 9.18 Å². The number of rotatable bonds is 2. The molecule has 0 fully saturated rings. The Hall–Kier alpha value is -1.91. The molecule has 0 aliphatic carbocycles. The van der Waals surface area contributed by atoms with Crippen LogP contribution in [0.2, 0.25) is 5.02 Å². The molecule has 5 heteroatoms. The number of halogens is 2. The van der Waals surface area contributed by atoms with Crippen molar-refractivity contribution >= 4 is 23.2 Å². The number of carbonyl (C=O) groups is 1. The number of benzene rings is 2. The van der Waals surface area contributed by atoms with Gasteiger partial charge in [0.2, 0.25) is 5.91 Å². The van der Waals surface area contributed by atoms with Crippen molar-refractivity contribution in [1.82, 2.24) is 0 Å². The highest BCUT2D eigenvalue weighted by molar-refractivity contribution is 6.32. The second kappa shape index (κ2) is 5.13. The van der Waals surface area contributed by atoms with Gasteiger partial charge in [0, 0.05) is 10.7 Å². The zero-order chi connectivity index (χ0) is 15.1. The number of fused-ring (bicyclic) bond motifs is 1. The van der Waals surface area contributed by atoms with E-state index >= 15 is 0 Å². The molecule has 1 aliphatic rings. The van der Waals surface area contributed by atoms with Crippen LogP contribution in [0.5, 0.6) is 0 Å². The van der Waals surface area contributed by atoms with Gasteiger partial charge in [-0.3, -0.25) is 4.79 Å². The van der Waals surface area contributed by atoms with Gasteiger partial charge >= 0.3 is 0 Å². The third-order valence-corrected chi connectivity index (χ3v) is 4.08. The van der Waals surface area contributed by atoms with Gasteiger partial charge in [-0.05, 0) is 53.4 Å². The molecule has 0 saturated carbocycles. The molecule has 2 aromatic carbocycles. The lowest BCUT2D eigenvalue weighted by Gasteiger charge is -2.18. The van der Waals surface area contributed by atoms with E-state index in [0.29, 0.717) is 11.4 Å². The summed E-state index contributed by atoms with van der Waals surface area (Å²) in [5.41, 5.74) is 10.2. The predicted octanol–water partition coefficient (Wildman–Crippen LogP) is 3.33. The zero-order valence-electron chi connectivity index (χ0n) is 11.4. The molecule has 3 nitrogen and oxygen atoms in total. The summed E-state index contributed by atoms with van der Waals surface area (Å²) in [6.45, 7) is 1.81. The summed E-state index contributed by atoms with van der Waals surface area (Å²) in [6.07, 6.45) is 0.328. The van der Waals surface area contributed by atoms with E-state index in [2.05, 4.69) is 5.32 Å². The summed E-state index contributed by atoms with van der Waals surface area (Å²) < 4.78 is 13.2. The number of nitrogens with one attached hydrogen (secondary N) is 1. The summed E-state index contributed by atoms with van der Waals surface area (Å²) in [5.74, 6) is -0.344. The Kier molecular flexibility index (Phi) is 3.43. The largest absolute Gasteiger partial charge is 0.325 e. The van der Waals surface area contributed by atoms with E-state index in [-0.39, 0.29) is 11.7 Å². The molecule has 1 amide bonds. The molecule has 0 radical (unpaired) electrons. The minimum absolute atomic E-state index is 0.0512. The molecular weight excluding hydrogens is 291 g/mol. The van der Waals surface area contributed by atoms with Crippen molar-refractivity contribution in [3.8, 4) is 0 Å². The second-order valence-corrected chi connectivity index (χ2v) is 5.64. The fourth-order valence-electron chi connectivity index (χ4n) is 2.66. The number of carbonyl (C=O) groups excluding carboxylic acids is 1. The summed E-state index contributed by atoms with van der Waals surface area (Å²) in [6, 6.07) is 7.61. The smallest absolute Gasteiger partial charge is 0.228 e. The van der Waals surface area contributed by atoms with Gasteiger partial charge in [-0.25, -0.2) is 4.39 Å². The van der Waals surface area contributed by atoms with Gasteiger partial charge in [-0.1, -0.05) is 17.7 Å². The van der Waals surface area contributed by atoms with Crippen LogP contribution in [-0.2, 0) is 11.2 Å². The lowest BCUT2D eigenvalue weighted by molar-refractivity contribution is -0.115. The van der Waals surface area contributed by atoms with Crippen LogP contribution < -0.4 is 11.1 Å². The van der Waals surface area contributed by atoms with E-state index in [1.807, 2.05) is 13.0 Å². The molecule has 1 aliphatic heterocycles. The van der Waals surface area contributed by atoms with Crippen LogP contribution in [0.4, 0.5) is 10.1 Å². The fraction of sp³-hybridized carbons (Fsp3) is 0.188. The fourth-order valence-corrected chi connectivity index (χ4v) is 2.94. The van der Waals surface area contributed by atoms with Crippen LogP contribution in [0.1, 0.15) is 28.3 Å². The highest BCUT2D eigenvalue weighted by Crippen LogP contribution is 2.35. The Labute approximate surface area is 126 Å². The SMILES string of the molecule is Cc1cc(F)ccc1C(N)c1cc2c(cc1Cl)NC(=O)C2. The maximum Gasteiger partial charge on any atom is 0.228 e. The maximum atomic E-state index is 13.2. The first-order valence-electron chi connectivity index (χ1n) is 6.59. The normalized spacial score (nSPS) is 14.8. The van der Waals surface area contributed by atoms with E-state index in [1.54, 1.807) is 12.1 Å². The summed E-state index contributed by atoms with van der Waals surface area (Å²) in [5, 5.41) is 3.24. The van der Waals surface area contributed by atoms with Gasteiger partial charge in [0.15, 0.2) is 0 Å². The highest BCUT2D eigenvalue weighted by atomic mass is 35.5. The number of anilines is 1. The molecule has 1 heterocycles. The first-order valence-corrected chi connectivity index (χ1v) is 6.97. The molecule has 3 rings (SSSR count). The molecule has 0 aromatic heterocycles. The third-order valence-electron chi connectivity index (χ3n) is 3.75. The maximum absolute atomic E-state index is 13.2. The minimum Gasteiger partial charge on any atom is -0.325 e. The molecule has 108 valence electrons. The number of amides is 1. The molecular formula is C16H14ClFN2O. The van der Waals surface area contributed by atoms with Crippen LogP contribution in [0.3, 0.4) is 0 Å². The van der Waals surface area contributed by atoms with Gasteiger partial charge < -0.3 is 11.1 Å². The molecule has 1 unspecified atom stereocenters. The summed E-state index contributed by atoms with van der Waals surface area (Å²) in [7, 11) is 0. The number of nitrogens with two attached hydrogens (primary N) is 1. The van der Waals surface area contributed by atoms with E-state index in [9.17, 15) is 9.18 Å². The average Bonchev–Trinajstić information content (AvgIpc) is 2.76. The van der Waals surface area contributed by atoms with Crippen LogP contribution >= 0.6 is 11.6 Å². The van der Waals surface area contributed by atoms with Gasteiger partial charge in [0.1, 0.15) is 5.82 Å². The van der Waals surface area contributed by atoms with E-state index in [4.69, 9.17) is 17.3 Å². The molecule has 2 aromatic rings. The molecule has 1 atom stereocenters. The Morgan fingerprint density at radius 1 is 1.29 bits per heavy atom. The monoisotopic (exact) mass is 304 g/mol. The number of hydrogen-bond acceptors (Lipinski definition) is 2. The standard InChI is InChI=1S/C16H14ClFN2O/c1-8-4-10(18)2-3-11(8)16(19)12-5-9-6-15(21)20-14(9)7-13(12)17/h2-5,7,16H,6,19H2,1H3,(H,20,21). The van der Waals surface area contributed by atoms with Gasteiger partial charge in [-0.15, -0.1) is 0 Å².